The lowest BCUT2D eigenvalue weighted by Gasteiger charge is -2.05. The van der Waals surface area contributed by atoms with Crippen molar-refractivity contribution in [2.45, 2.75) is 33.1 Å². The van der Waals surface area contributed by atoms with Crippen molar-refractivity contribution in [2.75, 3.05) is 14.1 Å². The Kier molecular flexibility index (Phi) is 9.91. The van der Waals surface area contributed by atoms with E-state index in [0.717, 1.165) is 30.7 Å². The minimum absolute atomic E-state index is 0.516. The van der Waals surface area contributed by atoms with Crippen molar-refractivity contribution in [3.05, 3.63) is 0 Å². The van der Waals surface area contributed by atoms with Gasteiger partial charge in [-0.05, 0) is 57.5 Å². The fraction of sp³-hybridized carbons (Fsp3) is 0.636. The summed E-state index contributed by atoms with van der Waals surface area (Å²) in [5, 5.41) is 14.9. The highest BCUT2D eigenvalue weighted by Crippen LogP contribution is 1.99. The molecule has 0 amide bonds. The topological polar surface area (TPSA) is 72.8 Å². The fourth-order valence-corrected chi connectivity index (χ4v) is 1.21. The molecule has 0 unspecified atom stereocenters. The lowest BCUT2D eigenvalue weighted by atomic mass is 10.1. The molecule has 8 heteroatoms. The molecule has 19 heavy (non-hydrogen) atoms. The van der Waals surface area contributed by atoms with Gasteiger partial charge >= 0.3 is 0 Å². The first kappa shape index (κ1) is 17.7. The Balaban J connectivity index is 3.89. The summed E-state index contributed by atoms with van der Waals surface area (Å²) in [7, 11) is 3.51. The third kappa shape index (κ3) is 10.3. The summed E-state index contributed by atoms with van der Waals surface area (Å²) in [6, 6.07) is 0. The fourth-order valence-electron chi connectivity index (χ4n) is 1.12. The number of hydrogen-bond acceptors (Lipinski definition) is 4. The maximum atomic E-state index is 4.92. The predicted molar refractivity (Wildman–Crippen MR) is 89.7 cm³/mol. The Hall–Kier alpha value is -1.28. The molecule has 0 aliphatic heterocycles. The normalized spacial score (nSPS) is 11.8. The average molecular weight is 302 g/mol. The molecule has 0 aliphatic carbocycles. The second-order valence-corrected chi connectivity index (χ2v) is 4.75. The number of nitrogens with one attached hydrogen (secondary N) is 4. The van der Waals surface area contributed by atoms with Gasteiger partial charge in [0.2, 0.25) is 0 Å². The molecule has 0 bridgehead atoms. The van der Waals surface area contributed by atoms with Crippen molar-refractivity contribution in [3.63, 3.8) is 0 Å². The molecule has 0 spiro atoms. The van der Waals surface area contributed by atoms with Crippen LogP contribution in [0.15, 0.2) is 10.2 Å². The van der Waals surface area contributed by atoms with Crippen LogP contribution in [0.1, 0.15) is 33.1 Å². The molecular formula is C11H22N6S2. The molecule has 6 nitrogen and oxygen atoms in total. The number of hydrazone groups is 2. The molecule has 108 valence electrons. The van der Waals surface area contributed by atoms with Crippen LogP contribution in [0.4, 0.5) is 0 Å². The van der Waals surface area contributed by atoms with E-state index in [0.29, 0.717) is 10.2 Å². The van der Waals surface area contributed by atoms with Crippen LogP contribution in [0.5, 0.6) is 0 Å². The monoisotopic (exact) mass is 302 g/mol. The van der Waals surface area contributed by atoms with E-state index < -0.39 is 0 Å². The summed E-state index contributed by atoms with van der Waals surface area (Å²) in [6.07, 6.45) is 2.76. The van der Waals surface area contributed by atoms with Crippen LogP contribution < -0.4 is 21.5 Å². The van der Waals surface area contributed by atoms with Gasteiger partial charge in [0.25, 0.3) is 0 Å². The van der Waals surface area contributed by atoms with E-state index in [1.165, 1.54) is 0 Å². The van der Waals surface area contributed by atoms with Crippen molar-refractivity contribution in [1.29, 1.82) is 0 Å². The maximum Gasteiger partial charge on any atom is 0.186 e. The quantitative estimate of drug-likeness (QED) is 0.334. The minimum atomic E-state index is 0.516. The van der Waals surface area contributed by atoms with Crippen molar-refractivity contribution in [3.8, 4) is 0 Å². The summed E-state index contributed by atoms with van der Waals surface area (Å²) in [5.74, 6) is 0. The van der Waals surface area contributed by atoms with Gasteiger partial charge in [0.1, 0.15) is 0 Å². The van der Waals surface area contributed by atoms with Crippen LogP contribution in [0.25, 0.3) is 0 Å². The number of nitrogens with zero attached hydrogens (tertiary/aromatic N) is 2. The Morgan fingerprint density at radius 3 is 1.53 bits per heavy atom. The van der Waals surface area contributed by atoms with Gasteiger partial charge in [-0.2, -0.15) is 10.2 Å². The molecule has 0 aromatic rings. The number of hydrogen-bond donors (Lipinski definition) is 4. The van der Waals surface area contributed by atoms with Gasteiger partial charge in [-0.1, -0.05) is 0 Å². The first-order valence-corrected chi connectivity index (χ1v) is 6.83. The van der Waals surface area contributed by atoms with Gasteiger partial charge < -0.3 is 10.6 Å². The summed E-state index contributed by atoms with van der Waals surface area (Å²) in [6.45, 7) is 3.93. The van der Waals surface area contributed by atoms with Gasteiger partial charge in [0.05, 0.1) is 0 Å². The largest absolute Gasteiger partial charge is 0.364 e. The lowest BCUT2D eigenvalue weighted by molar-refractivity contribution is 0.875. The van der Waals surface area contributed by atoms with Crippen molar-refractivity contribution in [2.24, 2.45) is 10.2 Å². The van der Waals surface area contributed by atoms with Gasteiger partial charge in [-0.25, -0.2) is 0 Å². The molecule has 0 radical (unpaired) electrons. The number of thiocarbonyl (C=S) groups is 2. The molecule has 0 heterocycles. The maximum absolute atomic E-state index is 4.92. The molecule has 0 fully saturated rings. The van der Waals surface area contributed by atoms with Crippen LogP contribution in [0.2, 0.25) is 0 Å². The van der Waals surface area contributed by atoms with Gasteiger partial charge in [0.15, 0.2) is 10.2 Å². The van der Waals surface area contributed by atoms with Crippen molar-refractivity contribution in [1.82, 2.24) is 21.5 Å². The van der Waals surface area contributed by atoms with E-state index >= 15 is 0 Å². The van der Waals surface area contributed by atoms with E-state index in [4.69, 9.17) is 24.4 Å². The highest BCUT2D eigenvalue weighted by molar-refractivity contribution is 7.80. The second kappa shape index (κ2) is 10.6. The van der Waals surface area contributed by atoms with E-state index in [2.05, 4.69) is 31.7 Å². The lowest BCUT2D eigenvalue weighted by Crippen LogP contribution is -2.29. The first-order valence-electron chi connectivity index (χ1n) is 6.01. The standard InChI is InChI=1S/C11H22N6S2/c1-8(14-16-10(18)12-3)6-5-7-9(2)15-17-11(19)13-4/h5-7H2,1-4H3,(H2,12,16,18)(H2,13,17,19). The Bertz CT molecular complexity index is 330. The summed E-state index contributed by atoms with van der Waals surface area (Å²) in [4.78, 5) is 0. The summed E-state index contributed by atoms with van der Waals surface area (Å²) >= 11 is 9.85. The number of rotatable bonds is 6. The van der Waals surface area contributed by atoms with Crippen LogP contribution in [-0.4, -0.2) is 35.7 Å². The Morgan fingerprint density at radius 2 is 1.21 bits per heavy atom. The molecule has 4 N–H and O–H groups in total. The zero-order valence-corrected chi connectivity index (χ0v) is 13.5. The second-order valence-electron chi connectivity index (χ2n) is 3.93. The molecule has 0 aromatic heterocycles. The highest BCUT2D eigenvalue weighted by atomic mass is 32.1. The zero-order chi connectivity index (χ0) is 14.7. The average Bonchev–Trinajstić information content (AvgIpc) is 2.41. The van der Waals surface area contributed by atoms with Crippen LogP contribution in [0, 0.1) is 0 Å². The van der Waals surface area contributed by atoms with Crippen molar-refractivity contribution >= 4 is 46.1 Å². The van der Waals surface area contributed by atoms with E-state index in [-0.39, 0.29) is 0 Å². The van der Waals surface area contributed by atoms with Gasteiger partial charge in [-0.3, -0.25) is 10.9 Å². The molecule has 0 saturated carbocycles. The summed E-state index contributed by atoms with van der Waals surface area (Å²) < 4.78 is 0. The van der Waals surface area contributed by atoms with Gasteiger partial charge in [-0.15, -0.1) is 0 Å². The van der Waals surface area contributed by atoms with E-state index in [1.807, 2.05) is 13.8 Å². The highest BCUT2D eigenvalue weighted by Gasteiger charge is 1.97. The molecular weight excluding hydrogens is 280 g/mol. The van der Waals surface area contributed by atoms with Crippen molar-refractivity contribution < 1.29 is 0 Å². The minimum Gasteiger partial charge on any atom is -0.364 e. The third-order valence-electron chi connectivity index (χ3n) is 2.23. The van der Waals surface area contributed by atoms with Crippen LogP contribution >= 0.6 is 24.4 Å². The predicted octanol–water partition coefficient (Wildman–Crippen LogP) is 1.10. The van der Waals surface area contributed by atoms with Gasteiger partial charge in [0, 0.05) is 25.5 Å². The van der Waals surface area contributed by atoms with E-state index in [9.17, 15) is 0 Å². The Morgan fingerprint density at radius 1 is 0.842 bits per heavy atom. The smallest absolute Gasteiger partial charge is 0.186 e. The third-order valence-corrected chi connectivity index (χ3v) is 2.82. The molecule has 0 saturated heterocycles. The Labute approximate surface area is 125 Å². The molecule has 0 atom stereocenters. The SMILES string of the molecule is CNC(=S)NN=C(C)CCCC(C)=NNC(=S)NC. The summed E-state index contributed by atoms with van der Waals surface area (Å²) in [5.41, 5.74) is 7.52. The molecule has 0 aromatic carbocycles. The first-order chi connectivity index (χ1) is 8.99. The zero-order valence-electron chi connectivity index (χ0n) is 11.8. The molecule has 0 rings (SSSR count). The van der Waals surface area contributed by atoms with E-state index in [1.54, 1.807) is 14.1 Å². The molecule has 0 aliphatic rings. The van der Waals surface area contributed by atoms with Crippen LogP contribution in [-0.2, 0) is 0 Å². The van der Waals surface area contributed by atoms with Crippen LogP contribution in [0.3, 0.4) is 0 Å².